The number of methoxy groups -OCH3 is 2. The van der Waals surface area contributed by atoms with Crippen LogP contribution in [0.2, 0.25) is 5.02 Å². The number of hydrogen-bond acceptors (Lipinski definition) is 3. The van der Waals surface area contributed by atoms with Gasteiger partial charge in [-0.15, -0.1) is 0 Å². The molecule has 0 heterocycles. The molecule has 0 aliphatic heterocycles. The maximum absolute atomic E-state index is 14.3. The summed E-state index contributed by atoms with van der Waals surface area (Å²) in [4.78, 5) is 0. The molecular weight excluding hydrogens is 293 g/mol. The van der Waals surface area contributed by atoms with Crippen LogP contribution in [0.1, 0.15) is 17.2 Å². The molecule has 0 fully saturated rings. The van der Waals surface area contributed by atoms with Crippen molar-refractivity contribution in [2.45, 2.75) is 6.04 Å². The van der Waals surface area contributed by atoms with Crippen LogP contribution in [0.4, 0.5) is 4.39 Å². The Morgan fingerprint density at radius 3 is 2.33 bits per heavy atom. The lowest BCUT2D eigenvalue weighted by Gasteiger charge is -2.21. The van der Waals surface area contributed by atoms with E-state index in [1.807, 2.05) is 6.07 Å². The topological polar surface area (TPSA) is 30.5 Å². The van der Waals surface area contributed by atoms with Crippen molar-refractivity contribution in [2.24, 2.45) is 0 Å². The molecule has 21 heavy (non-hydrogen) atoms. The van der Waals surface area contributed by atoms with Gasteiger partial charge in [0, 0.05) is 22.2 Å². The minimum absolute atomic E-state index is 0.342. The first-order valence-electron chi connectivity index (χ1n) is 6.44. The van der Waals surface area contributed by atoms with Gasteiger partial charge in [0.05, 0.1) is 20.3 Å². The number of rotatable bonds is 5. The summed E-state index contributed by atoms with van der Waals surface area (Å²) >= 11 is 5.97. The second-order valence-electron chi connectivity index (χ2n) is 4.50. The summed E-state index contributed by atoms with van der Waals surface area (Å²) in [5, 5.41) is 3.67. The van der Waals surface area contributed by atoms with E-state index >= 15 is 0 Å². The van der Waals surface area contributed by atoms with Gasteiger partial charge >= 0.3 is 0 Å². The van der Waals surface area contributed by atoms with Crippen molar-refractivity contribution in [3.63, 3.8) is 0 Å². The molecule has 0 saturated heterocycles. The quantitative estimate of drug-likeness (QED) is 0.911. The van der Waals surface area contributed by atoms with E-state index < -0.39 is 0 Å². The molecule has 0 aliphatic carbocycles. The van der Waals surface area contributed by atoms with E-state index in [0.717, 1.165) is 5.56 Å². The molecule has 1 unspecified atom stereocenters. The van der Waals surface area contributed by atoms with Crippen LogP contribution in [0.25, 0.3) is 0 Å². The Morgan fingerprint density at radius 1 is 1.05 bits per heavy atom. The van der Waals surface area contributed by atoms with Crippen LogP contribution in [-0.2, 0) is 0 Å². The van der Waals surface area contributed by atoms with E-state index in [0.29, 0.717) is 22.1 Å². The molecule has 0 aliphatic rings. The Balaban J connectivity index is 2.49. The van der Waals surface area contributed by atoms with Crippen molar-refractivity contribution in [1.29, 1.82) is 0 Å². The lowest BCUT2D eigenvalue weighted by atomic mass is 9.97. The Morgan fingerprint density at radius 2 is 1.76 bits per heavy atom. The lowest BCUT2D eigenvalue weighted by Crippen LogP contribution is -2.19. The van der Waals surface area contributed by atoms with Crippen LogP contribution in [0, 0.1) is 5.82 Å². The summed E-state index contributed by atoms with van der Waals surface area (Å²) < 4.78 is 24.7. The van der Waals surface area contributed by atoms with Crippen LogP contribution < -0.4 is 14.8 Å². The average molecular weight is 310 g/mol. The highest BCUT2D eigenvalue weighted by molar-refractivity contribution is 6.30. The van der Waals surface area contributed by atoms with Crippen molar-refractivity contribution < 1.29 is 13.9 Å². The predicted molar refractivity (Wildman–Crippen MR) is 81.9 cm³/mol. The molecule has 2 aromatic carbocycles. The summed E-state index contributed by atoms with van der Waals surface area (Å²) in [6.07, 6.45) is 0. The van der Waals surface area contributed by atoms with Crippen LogP contribution in [0.15, 0.2) is 36.4 Å². The number of nitrogens with one attached hydrogen (secondary N) is 1. The summed E-state index contributed by atoms with van der Waals surface area (Å²) in [7, 11) is 4.83. The zero-order valence-corrected chi connectivity index (χ0v) is 12.9. The van der Waals surface area contributed by atoms with Gasteiger partial charge in [-0.2, -0.15) is 0 Å². The Hall–Kier alpha value is -1.78. The van der Waals surface area contributed by atoms with Gasteiger partial charge < -0.3 is 14.8 Å². The number of hydrogen-bond donors (Lipinski definition) is 1. The minimum Gasteiger partial charge on any atom is -0.497 e. The molecule has 0 saturated carbocycles. The van der Waals surface area contributed by atoms with Gasteiger partial charge in [0.25, 0.3) is 0 Å². The average Bonchev–Trinajstić information content (AvgIpc) is 2.50. The van der Waals surface area contributed by atoms with Gasteiger partial charge in [0.1, 0.15) is 17.3 Å². The molecule has 0 spiro atoms. The Kier molecular flexibility index (Phi) is 5.04. The second kappa shape index (κ2) is 6.78. The molecular formula is C16H17ClFNO2. The fourth-order valence-electron chi connectivity index (χ4n) is 2.27. The monoisotopic (exact) mass is 309 g/mol. The molecule has 0 amide bonds. The molecule has 1 atom stereocenters. The lowest BCUT2D eigenvalue weighted by molar-refractivity contribution is 0.403. The zero-order valence-electron chi connectivity index (χ0n) is 12.1. The molecule has 2 rings (SSSR count). The van der Waals surface area contributed by atoms with Crippen molar-refractivity contribution in [3.05, 3.63) is 58.4 Å². The number of halogens is 2. The Labute approximate surface area is 128 Å². The minimum atomic E-state index is -0.344. The highest BCUT2D eigenvalue weighted by atomic mass is 35.5. The van der Waals surface area contributed by atoms with Crippen molar-refractivity contribution in [3.8, 4) is 11.5 Å². The third-order valence-corrected chi connectivity index (χ3v) is 3.55. The largest absolute Gasteiger partial charge is 0.497 e. The van der Waals surface area contributed by atoms with Crippen LogP contribution in [0.3, 0.4) is 0 Å². The van der Waals surface area contributed by atoms with E-state index in [1.54, 1.807) is 38.4 Å². The standard InChI is InChI=1S/C16H17ClFNO2/c1-19-16(12-7-5-11(20-2)9-14(12)18)13-6-4-10(17)8-15(13)21-3/h4-9,16,19H,1-3H3. The van der Waals surface area contributed by atoms with Crippen LogP contribution >= 0.6 is 11.6 Å². The first kappa shape index (κ1) is 15.6. The van der Waals surface area contributed by atoms with Crippen molar-refractivity contribution >= 4 is 11.6 Å². The molecule has 1 N–H and O–H groups in total. The highest BCUT2D eigenvalue weighted by Crippen LogP contribution is 2.33. The second-order valence-corrected chi connectivity index (χ2v) is 4.93. The van der Waals surface area contributed by atoms with E-state index in [2.05, 4.69) is 5.32 Å². The predicted octanol–water partition coefficient (Wildman–Crippen LogP) is 3.81. The first-order valence-corrected chi connectivity index (χ1v) is 6.82. The van der Waals surface area contributed by atoms with Gasteiger partial charge in [-0.25, -0.2) is 4.39 Å². The van der Waals surface area contributed by atoms with E-state index in [-0.39, 0.29) is 11.9 Å². The fourth-order valence-corrected chi connectivity index (χ4v) is 2.43. The van der Waals surface area contributed by atoms with E-state index in [1.165, 1.54) is 13.2 Å². The molecule has 2 aromatic rings. The van der Waals surface area contributed by atoms with Gasteiger partial charge in [0.15, 0.2) is 0 Å². The maximum Gasteiger partial charge on any atom is 0.132 e. The third-order valence-electron chi connectivity index (χ3n) is 3.31. The molecule has 112 valence electrons. The third kappa shape index (κ3) is 3.28. The maximum atomic E-state index is 14.3. The smallest absolute Gasteiger partial charge is 0.132 e. The van der Waals surface area contributed by atoms with E-state index in [9.17, 15) is 4.39 Å². The number of benzene rings is 2. The van der Waals surface area contributed by atoms with E-state index in [4.69, 9.17) is 21.1 Å². The van der Waals surface area contributed by atoms with Crippen molar-refractivity contribution in [2.75, 3.05) is 21.3 Å². The summed E-state index contributed by atoms with van der Waals surface area (Å²) in [5.41, 5.74) is 1.33. The number of ether oxygens (including phenoxy) is 2. The molecule has 5 heteroatoms. The summed E-state index contributed by atoms with van der Waals surface area (Å²) in [6.45, 7) is 0. The molecule has 0 bridgehead atoms. The fraction of sp³-hybridized carbons (Fsp3) is 0.250. The van der Waals surface area contributed by atoms with Crippen LogP contribution in [0.5, 0.6) is 11.5 Å². The zero-order chi connectivity index (χ0) is 15.4. The molecule has 3 nitrogen and oxygen atoms in total. The Bertz CT molecular complexity index is 634. The van der Waals surface area contributed by atoms with Crippen molar-refractivity contribution in [1.82, 2.24) is 5.32 Å². The van der Waals surface area contributed by atoms with Crippen LogP contribution in [-0.4, -0.2) is 21.3 Å². The summed E-state index contributed by atoms with van der Waals surface area (Å²) in [5.74, 6) is 0.747. The van der Waals surface area contributed by atoms with Gasteiger partial charge in [-0.1, -0.05) is 23.7 Å². The van der Waals surface area contributed by atoms with Gasteiger partial charge in [-0.3, -0.25) is 0 Å². The first-order chi connectivity index (χ1) is 10.1. The molecule has 0 radical (unpaired) electrons. The SMILES string of the molecule is CNC(c1ccc(OC)cc1F)c1ccc(Cl)cc1OC. The highest BCUT2D eigenvalue weighted by Gasteiger charge is 2.20. The van der Waals surface area contributed by atoms with Gasteiger partial charge in [0.2, 0.25) is 0 Å². The normalized spacial score (nSPS) is 12.0. The molecule has 0 aromatic heterocycles. The van der Waals surface area contributed by atoms with Gasteiger partial charge in [-0.05, 0) is 25.2 Å². The summed E-state index contributed by atoms with van der Waals surface area (Å²) in [6, 6.07) is 9.74.